The highest BCUT2D eigenvalue weighted by Gasteiger charge is 2.33. The Kier molecular flexibility index (Phi) is 6.93. The van der Waals surface area contributed by atoms with E-state index in [9.17, 15) is 9.18 Å². The molecule has 206 valence electrons. The van der Waals surface area contributed by atoms with Crippen molar-refractivity contribution in [2.45, 2.75) is 13.0 Å². The second kappa shape index (κ2) is 11.2. The van der Waals surface area contributed by atoms with Crippen molar-refractivity contribution in [1.82, 2.24) is 14.5 Å². The van der Waals surface area contributed by atoms with Gasteiger partial charge >= 0.3 is 0 Å². The summed E-state index contributed by atoms with van der Waals surface area (Å²) in [5.74, 6) is -0.277. The zero-order chi connectivity index (χ0) is 28.5. The summed E-state index contributed by atoms with van der Waals surface area (Å²) < 4.78 is 15.8. The first-order valence-electron chi connectivity index (χ1n) is 13.8. The van der Waals surface area contributed by atoms with Gasteiger partial charge in [0, 0.05) is 47.3 Å². The first-order chi connectivity index (χ1) is 20.6. The van der Waals surface area contributed by atoms with E-state index in [0.29, 0.717) is 29.6 Å². The van der Waals surface area contributed by atoms with Gasteiger partial charge in [-0.2, -0.15) is 0 Å². The van der Waals surface area contributed by atoms with Crippen LogP contribution in [-0.2, 0) is 17.8 Å². The number of fused-ring (bicyclic) bond motifs is 2. The van der Waals surface area contributed by atoms with Crippen LogP contribution in [0.5, 0.6) is 0 Å². The quantitative estimate of drug-likeness (QED) is 0.197. The van der Waals surface area contributed by atoms with Crippen LogP contribution in [0, 0.1) is 5.82 Å². The number of amidine groups is 1. The molecular formula is C35H27FN4OS. The number of nitrogens with one attached hydrogen (secondary N) is 1. The monoisotopic (exact) mass is 570 g/mol. The van der Waals surface area contributed by atoms with E-state index in [1.54, 1.807) is 17.0 Å². The Morgan fingerprint density at radius 2 is 1.76 bits per heavy atom. The summed E-state index contributed by atoms with van der Waals surface area (Å²) in [6, 6.07) is 32.8. The topological polar surface area (TPSA) is 53.4 Å². The minimum Gasteiger partial charge on any atom is -0.361 e. The summed E-state index contributed by atoms with van der Waals surface area (Å²) in [5.41, 5.74) is 5.98. The van der Waals surface area contributed by atoms with Gasteiger partial charge in [-0.15, -0.1) is 0 Å². The summed E-state index contributed by atoms with van der Waals surface area (Å²) in [4.78, 5) is 24.4. The number of hydrogen-bond acceptors (Lipinski definition) is 3. The first-order valence-corrected chi connectivity index (χ1v) is 14.7. The van der Waals surface area contributed by atoms with Crippen molar-refractivity contribution in [1.29, 1.82) is 0 Å². The van der Waals surface area contributed by atoms with Crippen LogP contribution in [0.4, 0.5) is 10.1 Å². The molecule has 0 unspecified atom stereocenters. The van der Waals surface area contributed by atoms with Crippen LogP contribution in [-0.4, -0.2) is 32.1 Å². The van der Waals surface area contributed by atoms with E-state index < -0.39 is 0 Å². The fraction of sp³-hybridized carbons (Fsp3) is 0.0857. The first kappa shape index (κ1) is 26.0. The number of para-hydroxylation sites is 2. The van der Waals surface area contributed by atoms with Gasteiger partial charge in [0.15, 0.2) is 5.17 Å². The number of hydrogen-bond donors (Lipinski definition) is 1. The van der Waals surface area contributed by atoms with Crippen LogP contribution in [0.3, 0.4) is 0 Å². The van der Waals surface area contributed by atoms with Gasteiger partial charge in [0.2, 0.25) is 0 Å². The van der Waals surface area contributed by atoms with Crippen LogP contribution >= 0.6 is 11.8 Å². The van der Waals surface area contributed by atoms with Crippen LogP contribution < -0.4 is 0 Å². The third-order valence-corrected chi connectivity index (χ3v) is 8.49. The molecule has 2 aromatic heterocycles. The summed E-state index contributed by atoms with van der Waals surface area (Å²) in [6.45, 7) is 1.11. The van der Waals surface area contributed by atoms with E-state index in [-0.39, 0.29) is 11.7 Å². The number of nitrogens with zero attached hydrogens (tertiary/aromatic N) is 3. The maximum atomic E-state index is 13.7. The van der Waals surface area contributed by atoms with E-state index >= 15 is 0 Å². The molecule has 0 atom stereocenters. The zero-order valence-electron chi connectivity index (χ0n) is 22.7. The third kappa shape index (κ3) is 5.27. The molecule has 42 heavy (non-hydrogen) atoms. The highest BCUT2D eigenvalue weighted by Crippen LogP contribution is 2.35. The molecule has 4 aromatic carbocycles. The number of halogens is 1. The molecule has 7 rings (SSSR count). The number of rotatable bonds is 7. The van der Waals surface area contributed by atoms with Gasteiger partial charge in [-0.3, -0.25) is 9.69 Å². The van der Waals surface area contributed by atoms with E-state index in [0.717, 1.165) is 33.2 Å². The summed E-state index contributed by atoms with van der Waals surface area (Å²) in [5, 5.41) is 2.91. The Morgan fingerprint density at radius 3 is 2.64 bits per heavy atom. The Labute approximate surface area is 247 Å². The summed E-state index contributed by atoms with van der Waals surface area (Å²) >= 11 is 1.41. The smallest absolute Gasteiger partial charge is 0.266 e. The number of aliphatic imine (C=N–C) groups is 1. The highest BCUT2D eigenvalue weighted by molar-refractivity contribution is 8.18. The molecule has 5 nitrogen and oxygen atoms in total. The number of amides is 1. The van der Waals surface area contributed by atoms with Crippen LogP contribution in [0.25, 0.3) is 27.9 Å². The normalized spacial score (nSPS) is 15.5. The third-order valence-electron chi connectivity index (χ3n) is 7.48. The van der Waals surface area contributed by atoms with Crippen LogP contribution in [0.1, 0.15) is 16.7 Å². The molecule has 1 N–H and O–H groups in total. The lowest BCUT2D eigenvalue weighted by Crippen LogP contribution is -2.31. The number of carbonyl (C=O) groups excluding carboxylic acids is 1. The van der Waals surface area contributed by atoms with E-state index in [4.69, 9.17) is 4.99 Å². The molecule has 1 saturated heterocycles. The molecule has 6 aromatic rings. The van der Waals surface area contributed by atoms with Crippen molar-refractivity contribution in [2.24, 2.45) is 4.99 Å². The van der Waals surface area contributed by atoms with Gasteiger partial charge < -0.3 is 9.55 Å². The van der Waals surface area contributed by atoms with Gasteiger partial charge in [-0.25, -0.2) is 9.38 Å². The molecule has 0 radical (unpaired) electrons. The van der Waals surface area contributed by atoms with Gasteiger partial charge in [0.1, 0.15) is 5.82 Å². The fourth-order valence-corrected chi connectivity index (χ4v) is 6.43. The van der Waals surface area contributed by atoms with Gasteiger partial charge in [0.25, 0.3) is 5.91 Å². The molecule has 1 aliphatic rings. The SMILES string of the molecule is O=C1C(=Cc2ccc3c(ccn3Cc3cccc(F)c3)c2)SC(=Nc2ccccc2)N1CCc1c[nH]c2ccccc12. The van der Waals surface area contributed by atoms with Crippen molar-refractivity contribution in [3.63, 3.8) is 0 Å². The lowest BCUT2D eigenvalue weighted by atomic mass is 10.1. The maximum absolute atomic E-state index is 13.7. The standard InChI is InChI=1S/C35H27FN4OS/c36-28-8-6-7-25(20-28)23-39-17-15-26-19-24(13-14-32(26)39)21-33-34(41)40(35(42-33)38-29-9-2-1-3-10-29)18-16-27-22-37-31-12-5-4-11-30(27)31/h1-15,17,19-22,37H,16,18,23H2. The Bertz CT molecular complexity index is 1990. The Balaban J connectivity index is 1.16. The van der Waals surface area contributed by atoms with Gasteiger partial charge in [-0.05, 0) is 89.5 Å². The number of benzene rings is 4. The molecular weight excluding hydrogens is 543 g/mol. The average molecular weight is 571 g/mol. The molecule has 0 bridgehead atoms. The number of aromatic amines is 1. The fourth-order valence-electron chi connectivity index (χ4n) is 5.40. The molecule has 0 saturated carbocycles. The summed E-state index contributed by atoms with van der Waals surface area (Å²) in [7, 11) is 0. The molecule has 0 spiro atoms. The van der Waals surface area contributed by atoms with Crippen molar-refractivity contribution in [3.8, 4) is 0 Å². The van der Waals surface area contributed by atoms with Crippen molar-refractivity contribution in [3.05, 3.63) is 143 Å². The predicted octanol–water partition coefficient (Wildman–Crippen LogP) is 8.16. The lowest BCUT2D eigenvalue weighted by Gasteiger charge is -2.15. The second-order valence-corrected chi connectivity index (χ2v) is 11.3. The largest absolute Gasteiger partial charge is 0.361 e. The predicted molar refractivity (Wildman–Crippen MR) is 170 cm³/mol. The maximum Gasteiger partial charge on any atom is 0.266 e. The zero-order valence-corrected chi connectivity index (χ0v) is 23.5. The number of carbonyl (C=O) groups is 1. The van der Waals surface area contributed by atoms with Crippen molar-refractivity contribution >= 4 is 56.4 Å². The van der Waals surface area contributed by atoms with Crippen molar-refractivity contribution < 1.29 is 9.18 Å². The average Bonchev–Trinajstić information content (AvgIpc) is 3.68. The second-order valence-electron chi connectivity index (χ2n) is 10.3. The van der Waals surface area contributed by atoms with E-state index in [1.807, 2.05) is 73.1 Å². The lowest BCUT2D eigenvalue weighted by molar-refractivity contribution is -0.122. The van der Waals surface area contributed by atoms with Crippen LogP contribution in [0.15, 0.2) is 125 Å². The molecule has 1 amide bonds. The minimum absolute atomic E-state index is 0.0432. The molecule has 7 heteroatoms. The number of H-pyrrole nitrogens is 1. The number of thioether (sulfide) groups is 1. The molecule has 0 aliphatic carbocycles. The Hall–Kier alpha value is -4.88. The van der Waals surface area contributed by atoms with E-state index in [2.05, 4.69) is 39.9 Å². The molecule has 1 aliphatic heterocycles. The minimum atomic E-state index is -0.234. The number of aromatic nitrogens is 2. The van der Waals surface area contributed by atoms with Crippen LogP contribution in [0.2, 0.25) is 0 Å². The van der Waals surface area contributed by atoms with Crippen molar-refractivity contribution in [2.75, 3.05) is 6.54 Å². The van der Waals surface area contributed by atoms with Gasteiger partial charge in [-0.1, -0.05) is 54.6 Å². The van der Waals surface area contributed by atoms with E-state index in [1.165, 1.54) is 28.8 Å². The molecule has 1 fully saturated rings. The highest BCUT2D eigenvalue weighted by atomic mass is 32.2. The molecule has 3 heterocycles. The van der Waals surface area contributed by atoms with Gasteiger partial charge in [0.05, 0.1) is 10.6 Å². The Morgan fingerprint density at radius 1 is 0.905 bits per heavy atom. The summed E-state index contributed by atoms with van der Waals surface area (Å²) in [6.07, 6.45) is 6.70.